The Labute approximate surface area is 161 Å². The molecule has 1 fully saturated rings. The van der Waals surface area contributed by atoms with Crippen LogP contribution in [0.3, 0.4) is 0 Å². The number of aromatic nitrogens is 4. The van der Waals surface area contributed by atoms with Crippen LogP contribution in [0.25, 0.3) is 5.69 Å². The fourth-order valence-corrected chi connectivity index (χ4v) is 3.28. The van der Waals surface area contributed by atoms with Gasteiger partial charge in [0.05, 0.1) is 18.4 Å². The number of halogens is 1. The fraction of sp³-hybridized carbons (Fsp3) is 0.263. The van der Waals surface area contributed by atoms with Gasteiger partial charge in [-0.05, 0) is 52.9 Å². The lowest BCUT2D eigenvalue weighted by molar-refractivity contribution is 0.0746. The molecule has 0 aliphatic carbocycles. The molecule has 3 aromatic rings. The molecule has 8 nitrogen and oxygen atoms in total. The third kappa shape index (κ3) is 3.51. The molecule has 28 heavy (non-hydrogen) atoms. The van der Waals surface area contributed by atoms with Gasteiger partial charge in [-0.15, -0.1) is 5.10 Å². The van der Waals surface area contributed by atoms with E-state index >= 15 is 0 Å². The van der Waals surface area contributed by atoms with Gasteiger partial charge in [0.25, 0.3) is 5.91 Å². The van der Waals surface area contributed by atoms with Gasteiger partial charge in [0.2, 0.25) is 0 Å². The summed E-state index contributed by atoms with van der Waals surface area (Å²) in [6, 6.07) is 11.9. The van der Waals surface area contributed by atoms with Crippen LogP contribution in [0.1, 0.15) is 10.4 Å². The van der Waals surface area contributed by atoms with Crippen LogP contribution in [0.5, 0.6) is 5.75 Å². The Morgan fingerprint density at radius 1 is 1.07 bits per heavy atom. The van der Waals surface area contributed by atoms with Crippen LogP contribution < -0.4 is 9.64 Å². The van der Waals surface area contributed by atoms with E-state index in [0.717, 1.165) is 11.4 Å². The van der Waals surface area contributed by atoms with Gasteiger partial charge in [-0.3, -0.25) is 4.79 Å². The summed E-state index contributed by atoms with van der Waals surface area (Å²) in [7, 11) is 1.63. The van der Waals surface area contributed by atoms with E-state index in [1.54, 1.807) is 12.0 Å². The molecule has 0 bridgehead atoms. The highest BCUT2D eigenvalue weighted by molar-refractivity contribution is 5.98. The Morgan fingerprint density at radius 3 is 2.46 bits per heavy atom. The maximum Gasteiger partial charge on any atom is 0.256 e. The fourth-order valence-electron chi connectivity index (χ4n) is 3.28. The number of methoxy groups -OCH3 is 1. The SMILES string of the molecule is COc1ccc(N2CCN(C(=O)c3cc(F)ccc3-n3cnnn3)CC2)cc1. The van der Waals surface area contributed by atoms with Crippen molar-refractivity contribution in [2.75, 3.05) is 38.2 Å². The van der Waals surface area contributed by atoms with E-state index in [-0.39, 0.29) is 11.5 Å². The van der Waals surface area contributed by atoms with Gasteiger partial charge in [0.15, 0.2) is 0 Å². The minimum atomic E-state index is -0.475. The summed E-state index contributed by atoms with van der Waals surface area (Å²) >= 11 is 0. The summed E-state index contributed by atoms with van der Waals surface area (Å²) in [5.41, 5.74) is 1.77. The Hall–Kier alpha value is -3.49. The number of anilines is 1. The molecule has 1 saturated heterocycles. The zero-order valence-electron chi connectivity index (χ0n) is 15.3. The molecule has 0 spiro atoms. The Kier molecular flexibility index (Phi) is 4.88. The highest BCUT2D eigenvalue weighted by Gasteiger charge is 2.25. The highest BCUT2D eigenvalue weighted by atomic mass is 19.1. The smallest absolute Gasteiger partial charge is 0.256 e. The Bertz CT molecular complexity index is 953. The molecule has 0 N–H and O–H groups in total. The average molecular weight is 382 g/mol. The van der Waals surface area contributed by atoms with Crippen molar-refractivity contribution in [3.05, 3.63) is 60.2 Å². The zero-order valence-corrected chi connectivity index (χ0v) is 15.3. The molecule has 1 aliphatic rings. The van der Waals surface area contributed by atoms with Crippen molar-refractivity contribution in [3.63, 3.8) is 0 Å². The van der Waals surface area contributed by atoms with Crippen LogP contribution in [0.2, 0.25) is 0 Å². The van der Waals surface area contributed by atoms with Crippen molar-refractivity contribution in [2.24, 2.45) is 0 Å². The van der Waals surface area contributed by atoms with Gasteiger partial charge >= 0.3 is 0 Å². The van der Waals surface area contributed by atoms with Crippen LogP contribution in [-0.2, 0) is 0 Å². The maximum atomic E-state index is 13.8. The van der Waals surface area contributed by atoms with Gasteiger partial charge < -0.3 is 14.5 Å². The minimum absolute atomic E-state index is 0.237. The predicted octanol–water partition coefficient (Wildman–Crippen LogP) is 1.77. The van der Waals surface area contributed by atoms with Gasteiger partial charge in [0, 0.05) is 31.9 Å². The van der Waals surface area contributed by atoms with Crippen LogP contribution in [-0.4, -0.2) is 64.3 Å². The standard InChI is InChI=1S/C19H19FN6O2/c1-28-16-5-3-15(4-6-16)24-8-10-25(11-9-24)19(27)17-12-14(20)2-7-18(17)26-13-21-22-23-26/h2-7,12-13H,8-11H2,1H3. The number of ether oxygens (including phenoxy) is 1. The number of hydrogen-bond acceptors (Lipinski definition) is 6. The molecule has 9 heteroatoms. The second-order valence-corrected chi connectivity index (χ2v) is 6.39. The molecule has 1 aromatic heterocycles. The van der Waals surface area contributed by atoms with Crippen molar-refractivity contribution >= 4 is 11.6 Å². The summed E-state index contributed by atoms with van der Waals surface area (Å²) in [6.45, 7) is 2.45. The predicted molar refractivity (Wildman–Crippen MR) is 100 cm³/mol. The number of amides is 1. The largest absolute Gasteiger partial charge is 0.497 e. The highest BCUT2D eigenvalue weighted by Crippen LogP contribution is 2.22. The molecule has 0 radical (unpaired) electrons. The zero-order chi connectivity index (χ0) is 19.5. The van der Waals surface area contributed by atoms with Crippen LogP contribution in [0.15, 0.2) is 48.8 Å². The lowest BCUT2D eigenvalue weighted by Gasteiger charge is -2.36. The lowest BCUT2D eigenvalue weighted by atomic mass is 10.1. The summed E-state index contributed by atoms with van der Waals surface area (Å²) < 4.78 is 20.4. The normalized spacial score (nSPS) is 14.2. The monoisotopic (exact) mass is 382 g/mol. The lowest BCUT2D eigenvalue weighted by Crippen LogP contribution is -2.49. The molecule has 0 unspecified atom stereocenters. The number of tetrazole rings is 1. The number of hydrogen-bond donors (Lipinski definition) is 0. The maximum absolute atomic E-state index is 13.8. The molecule has 2 aromatic carbocycles. The first kappa shape index (κ1) is 17.9. The van der Waals surface area contributed by atoms with Crippen LogP contribution >= 0.6 is 0 Å². The van der Waals surface area contributed by atoms with Crippen molar-refractivity contribution in [1.29, 1.82) is 0 Å². The van der Waals surface area contributed by atoms with Gasteiger partial charge in [-0.25, -0.2) is 4.39 Å². The van der Waals surface area contributed by atoms with Gasteiger partial charge in [-0.1, -0.05) is 0 Å². The van der Waals surface area contributed by atoms with Crippen LogP contribution in [0.4, 0.5) is 10.1 Å². The number of rotatable bonds is 4. The van der Waals surface area contributed by atoms with Gasteiger partial charge in [0.1, 0.15) is 17.9 Å². The first-order valence-electron chi connectivity index (χ1n) is 8.87. The van der Waals surface area contributed by atoms with Crippen molar-refractivity contribution < 1.29 is 13.9 Å². The van der Waals surface area contributed by atoms with Crippen LogP contribution in [0, 0.1) is 5.82 Å². The molecule has 2 heterocycles. The summed E-state index contributed by atoms with van der Waals surface area (Å²) in [5, 5.41) is 11.0. The second kappa shape index (κ2) is 7.63. The Balaban J connectivity index is 1.49. The van der Waals surface area contributed by atoms with E-state index in [4.69, 9.17) is 4.74 Å². The van der Waals surface area contributed by atoms with Crippen molar-refractivity contribution in [3.8, 4) is 11.4 Å². The second-order valence-electron chi connectivity index (χ2n) is 6.39. The first-order chi connectivity index (χ1) is 13.7. The third-order valence-electron chi connectivity index (χ3n) is 4.79. The number of benzene rings is 2. The van der Waals surface area contributed by atoms with E-state index in [9.17, 15) is 9.18 Å². The van der Waals surface area contributed by atoms with E-state index < -0.39 is 5.82 Å². The summed E-state index contributed by atoms with van der Waals surface area (Å²) in [4.78, 5) is 17.0. The van der Waals surface area contributed by atoms with E-state index in [0.29, 0.717) is 31.9 Å². The van der Waals surface area contributed by atoms with Crippen molar-refractivity contribution in [1.82, 2.24) is 25.1 Å². The molecule has 0 atom stereocenters. The third-order valence-corrected chi connectivity index (χ3v) is 4.79. The number of carbonyl (C=O) groups is 1. The molecule has 4 rings (SSSR count). The number of nitrogens with zero attached hydrogens (tertiary/aromatic N) is 6. The van der Waals surface area contributed by atoms with Gasteiger partial charge in [-0.2, -0.15) is 4.68 Å². The minimum Gasteiger partial charge on any atom is -0.497 e. The van der Waals surface area contributed by atoms with E-state index in [1.165, 1.54) is 29.2 Å². The molecule has 1 aliphatic heterocycles. The average Bonchev–Trinajstić information content (AvgIpc) is 3.28. The summed E-state index contributed by atoms with van der Waals surface area (Å²) in [5.74, 6) is 0.0928. The van der Waals surface area contributed by atoms with Crippen molar-refractivity contribution in [2.45, 2.75) is 0 Å². The molecular weight excluding hydrogens is 363 g/mol. The molecule has 0 saturated carbocycles. The summed E-state index contributed by atoms with van der Waals surface area (Å²) in [6.07, 6.45) is 1.38. The quantitative estimate of drug-likeness (QED) is 0.685. The van der Waals surface area contributed by atoms with E-state index in [2.05, 4.69) is 20.4 Å². The first-order valence-corrected chi connectivity index (χ1v) is 8.87. The number of piperazine rings is 1. The molecule has 144 valence electrons. The topological polar surface area (TPSA) is 76.4 Å². The van der Waals surface area contributed by atoms with E-state index in [1.807, 2.05) is 24.3 Å². The number of carbonyl (C=O) groups excluding carboxylic acids is 1. The Morgan fingerprint density at radius 2 is 1.82 bits per heavy atom. The molecule has 1 amide bonds. The molecular formula is C19H19FN6O2.